The molecule has 1 aliphatic heterocycles. The number of rotatable bonds is 2. The van der Waals surface area contributed by atoms with Gasteiger partial charge in [0.05, 0.1) is 12.0 Å². The van der Waals surface area contributed by atoms with E-state index >= 15 is 0 Å². The number of aliphatic carboxylic acids is 1. The molecular weight excluding hydrogens is 261 g/mol. The molecule has 5 heteroatoms. The Balaban J connectivity index is 2.52. The number of hydrogen-bond donors (Lipinski definition) is 1. The first kappa shape index (κ1) is 14.5. The third kappa shape index (κ3) is 2.66. The number of carbonyl (C=O) groups is 2. The zero-order chi connectivity index (χ0) is 14.9. The lowest BCUT2D eigenvalue weighted by molar-refractivity contribution is -0.145. The van der Waals surface area contributed by atoms with Crippen LogP contribution in [0.1, 0.15) is 36.4 Å². The monoisotopic (exact) mass is 279 g/mol. The maximum Gasteiger partial charge on any atom is 0.308 e. The Morgan fingerprint density at radius 3 is 2.80 bits per heavy atom. The second kappa shape index (κ2) is 5.61. The third-order valence-corrected chi connectivity index (χ3v) is 3.88. The molecule has 1 aliphatic rings. The maximum atomic E-state index is 14.1. The average molecular weight is 279 g/mol. The van der Waals surface area contributed by atoms with Gasteiger partial charge in [-0.15, -0.1) is 0 Å². The number of aryl methyl sites for hydroxylation is 1. The Morgan fingerprint density at radius 2 is 2.15 bits per heavy atom. The van der Waals surface area contributed by atoms with Crippen LogP contribution in [-0.4, -0.2) is 28.9 Å². The predicted octanol–water partition coefficient (Wildman–Crippen LogP) is 2.52. The molecule has 108 valence electrons. The molecule has 0 spiro atoms. The van der Waals surface area contributed by atoms with Crippen LogP contribution in [0.4, 0.5) is 4.39 Å². The number of nitrogens with zero attached hydrogens (tertiary/aromatic N) is 1. The van der Waals surface area contributed by atoms with Crippen LogP contribution in [0.3, 0.4) is 0 Å². The Labute approximate surface area is 117 Å². The Kier molecular flexibility index (Phi) is 4.06. The Bertz CT molecular complexity index is 544. The van der Waals surface area contributed by atoms with Crippen molar-refractivity contribution < 1.29 is 19.1 Å². The fraction of sp³-hybridized carbons (Fsp3) is 0.467. The highest BCUT2D eigenvalue weighted by Gasteiger charge is 2.38. The molecule has 1 aromatic carbocycles. The van der Waals surface area contributed by atoms with E-state index in [1.54, 1.807) is 19.2 Å². The van der Waals surface area contributed by atoms with Gasteiger partial charge in [-0.1, -0.05) is 17.7 Å². The van der Waals surface area contributed by atoms with Crippen molar-refractivity contribution in [2.24, 2.45) is 5.92 Å². The number of halogens is 1. The summed E-state index contributed by atoms with van der Waals surface area (Å²) in [5.74, 6) is -2.37. The van der Waals surface area contributed by atoms with Crippen molar-refractivity contribution in [1.82, 2.24) is 4.90 Å². The van der Waals surface area contributed by atoms with Gasteiger partial charge in [-0.2, -0.15) is 0 Å². The zero-order valence-corrected chi connectivity index (χ0v) is 11.6. The molecule has 1 N–H and O–H groups in total. The fourth-order valence-corrected chi connectivity index (χ4v) is 2.81. The second-order valence-corrected chi connectivity index (χ2v) is 5.31. The number of benzene rings is 1. The van der Waals surface area contributed by atoms with Gasteiger partial charge in [0.2, 0.25) is 5.91 Å². The minimum atomic E-state index is -0.988. The highest BCUT2D eigenvalue weighted by molar-refractivity contribution is 5.79. The molecule has 2 rings (SSSR count). The first-order valence-electron chi connectivity index (χ1n) is 6.66. The molecule has 20 heavy (non-hydrogen) atoms. The molecular formula is C15H18FNO3. The second-order valence-electron chi connectivity index (χ2n) is 5.31. The topological polar surface area (TPSA) is 57.6 Å². The zero-order valence-electron chi connectivity index (χ0n) is 11.6. The molecule has 0 aromatic heterocycles. The van der Waals surface area contributed by atoms with Gasteiger partial charge in [0, 0.05) is 19.0 Å². The van der Waals surface area contributed by atoms with Crippen molar-refractivity contribution >= 4 is 11.9 Å². The summed E-state index contributed by atoms with van der Waals surface area (Å²) >= 11 is 0. The van der Waals surface area contributed by atoms with Crippen LogP contribution in [-0.2, 0) is 9.59 Å². The Morgan fingerprint density at radius 1 is 1.45 bits per heavy atom. The number of carboxylic acids is 1. The van der Waals surface area contributed by atoms with Crippen molar-refractivity contribution in [2.75, 3.05) is 7.05 Å². The number of amides is 1. The number of carboxylic acid groups (broad SMARTS) is 1. The van der Waals surface area contributed by atoms with E-state index in [9.17, 15) is 19.1 Å². The summed E-state index contributed by atoms with van der Waals surface area (Å²) in [7, 11) is 1.55. The third-order valence-electron chi connectivity index (χ3n) is 3.88. The van der Waals surface area contributed by atoms with Crippen molar-refractivity contribution in [3.63, 3.8) is 0 Å². The van der Waals surface area contributed by atoms with Crippen molar-refractivity contribution in [2.45, 2.75) is 32.2 Å². The quantitative estimate of drug-likeness (QED) is 0.905. The Hall–Kier alpha value is -1.91. The molecule has 0 saturated carbocycles. The van der Waals surface area contributed by atoms with Crippen molar-refractivity contribution in [3.8, 4) is 0 Å². The fourth-order valence-electron chi connectivity index (χ4n) is 2.81. The normalized spacial score (nSPS) is 23.6. The summed E-state index contributed by atoms with van der Waals surface area (Å²) < 4.78 is 14.1. The molecule has 0 aliphatic carbocycles. The molecule has 1 aromatic rings. The van der Waals surface area contributed by atoms with Gasteiger partial charge < -0.3 is 10.0 Å². The number of hydrogen-bond acceptors (Lipinski definition) is 2. The van der Waals surface area contributed by atoms with Gasteiger partial charge in [-0.05, 0) is 25.8 Å². The molecule has 1 saturated heterocycles. The van der Waals surface area contributed by atoms with Crippen LogP contribution in [0.15, 0.2) is 18.2 Å². The summed E-state index contributed by atoms with van der Waals surface area (Å²) in [4.78, 5) is 24.8. The summed E-state index contributed by atoms with van der Waals surface area (Å²) in [6, 6.07) is 3.84. The standard InChI is InChI=1S/C15H18FNO3/c1-9-6-7-12(16)11(8-9)14-10(15(19)20)4-3-5-13(18)17(14)2/h6-8,10,14H,3-5H2,1-2H3,(H,19,20). The molecule has 2 atom stereocenters. The highest BCUT2D eigenvalue weighted by Crippen LogP contribution is 2.36. The lowest BCUT2D eigenvalue weighted by Crippen LogP contribution is -2.36. The highest BCUT2D eigenvalue weighted by atomic mass is 19.1. The van der Waals surface area contributed by atoms with Gasteiger partial charge in [-0.3, -0.25) is 9.59 Å². The van der Waals surface area contributed by atoms with E-state index in [4.69, 9.17) is 0 Å². The van der Waals surface area contributed by atoms with E-state index in [2.05, 4.69) is 0 Å². The lowest BCUT2D eigenvalue weighted by Gasteiger charge is -2.31. The van der Waals surface area contributed by atoms with E-state index in [1.807, 2.05) is 6.92 Å². The van der Waals surface area contributed by atoms with E-state index in [-0.39, 0.29) is 11.5 Å². The van der Waals surface area contributed by atoms with Crippen LogP contribution >= 0.6 is 0 Å². The average Bonchev–Trinajstić information content (AvgIpc) is 2.53. The maximum absolute atomic E-state index is 14.1. The van der Waals surface area contributed by atoms with Gasteiger partial charge in [0.15, 0.2) is 0 Å². The van der Waals surface area contributed by atoms with Gasteiger partial charge >= 0.3 is 5.97 Å². The SMILES string of the molecule is Cc1ccc(F)c(C2C(C(=O)O)CCCC(=O)N2C)c1. The van der Waals surface area contributed by atoms with Crippen LogP contribution in [0.2, 0.25) is 0 Å². The largest absolute Gasteiger partial charge is 0.481 e. The molecule has 0 radical (unpaired) electrons. The van der Waals surface area contributed by atoms with Crippen molar-refractivity contribution in [1.29, 1.82) is 0 Å². The summed E-state index contributed by atoms with van der Waals surface area (Å²) in [6.07, 6.45) is 1.21. The van der Waals surface area contributed by atoms with E-state index in [0.717, 1.165) is 5.56 Å². The van der Waals surface area contributed by atoms with E-state index < -0.39 is 23.7 Å². The smallest absolute Gasteiger partial charge is 0.308 e. The molecule has 1 heterocycles. The summed E-state index contributed by atoms with van der Waals surface area (Å²) in [5.41, 5.74) is 1.13. The molecule has 2 unspecified atom stereocenters. The van der Waals surface area contributed by atoms with Gasteiger partial charge in [-0.25, -0.2) is 4.39 Å². The molecule has 4 nitrogen and oxygen atoms in total. The summed E-state index contributed by atoms with van der Waals surface area (Å²) in [5, 5.41) is 9.40. The van der Waals surface area contributed by atoms with Crippen LogP contribution in [0, 0.1) is 18.7 Å². The minimum absolute atomic E-state index is 0.139. The molecule has 0 bridgehead atoms. The lowest BCUT2D eigenvalue weighted by atomic mass is 9.88. The number of carbonyl (C=O) groups excluding carboxylic acids is 1. The van der Waals surface area contributed by atoms with E-state index in [1.165, 1.54) is 11.0 Å². The van der Waals surface area contributed by atoms with Gasteiger partial charge in [0.1, 0.15) is 5.82 Å². The predicted molar refractivity (Wildman–Crippen MR) is 71.6 cm³/mol. The van der Waals surface area contributed by atoms with E-state index in [0.29, 0.717) is 19.3 Å². The van der Waals surface area contributed by atoms with Crippen LogP contribution in [0.25, 0.3) is 0 Å². The van der Waals surface area contributed by atoms with Crippen molar-refractivity contribution in [3.05, 3.63) is 35.1 Å². The first-order chi connectivity index (χ1) is 9.41. The molecule has 1 fully saturated rings. The number of likely N-dealkylation sites (tertiary alicyclic amines) is 1. The molecule has 1 amide bonds. The van der Waals surface area contributed by atoms with Gasteiger partial charge in [0.25, 0.3) is 0 Å². The first-order valence-corrected chi connectivity index (χ1v) is 6.66. The summed E-state index contributed by atoms with van der Waals surface area (Å²) in [6.45, 7) is 1.82. The van der Waals surface area contributed by atoms with Crippen LogP contribution < -0.4 is 0 Å². The minimum Gasteiger partial charge on any atom is -0.481 e. The van der Waals surface area contributed by atoms with Crippen LogP contribution in [0.5, 0.6) is 0 Å².